The summed E-state index contributed by atoms with van der Waals surface area (Å²) in [6.45, 7) is 5.96. The van der Waals surface area contributed by atoms with Crippen LogP contribution in [-0.4, -0.2) is 56.7 Å². The highest BCUT2D eigenvalue weighted by Gasteiger charge is 2.17. The third-order valence-electron chi connectivity index (χ3n) is 3.60. The van der Waals surface area contributed by atoms with E-state index >= 15 is 0 Å². The first-order valence-corrected chi connectivity index (χ1v) is 7.36. The van der Waals surface area contributed by atoms with E-state index in [2.05, 4.69) is 16.3 Å². The number of methoxy groups -OCH3 is 1. The lowest BCUT2D eigenvalue weighted by molar-refractivity contribution is 0.197. The molecular weight excluding hydrogens is 266 g/mol. The third-order valence-corrected chi connectivity index (χ3v) is 3.60. The Morgan fingerprint density at radius 2 is 1.95 bits per heavy atom. The Morgan fingerprint density at radius 3 is 2.48 bits per heavy atom. The highest BCUT2D eigenvalue weighted by Crippen LogP contribution is 2.22. The molecule has 0 radical (unpaired) electrons. The van der Waals surface area contributed by atoms with Crippen molar-refractivity contribution in [1.82, 2.24) is 15.1 Å². The molecule has 1 atom stereocenters. The summed E-state index contributed by atoms with van der Waals surface area (Å²) in [5.41, 5.74) is 1.12. The molecule has 0 bridgehead atoms. The normalized spacial score (nSPS) is 12.1. The average Bonchev–Trinajstić information content (AvgIpc) is 2.48. The summed E-state index contributed by atoms with van der Waals surface area (Å²) in [6.07, 6.45) is 0. The molecule has 0 fully saturated rings. The van der Waals surface area contributed by atoms with Crippen LogP contribution in [0.4, 0.5) is 4.79 Å². The van der Waals surface area contributed by atoms with E-state index in [4.69, 9.17) is 4.74 Å². The van der Waals surface area contributed by atoms with Gasteiger partial charge in [0.15, 0.2) is 0 Å². The Morgan fingerprint density at radius 1 is 1.29 bits per heavy atom. The fraction of sp³-hybridized carbons (Fsp3) is 0.562. The second-order valence-electron chi connectivity index (χ2n) is 5.11. The van der Waals surface area contributed by atoms with Crippen molar-refractivity contribution >= 4 is 6.03 Å². The quantitative estimate of drug-likeness (QED) is 0.839. The Balaban J connectivity index is 2.76. The molecule has 0 aliphatic rings. The Labute approximate surface area is 127 Å². The number of urea groups is 1. The smallest absolute Gasteiger partial charge is 0.317 e. The van der Waals surface area contributed by atoms with Crippen LogP contribution >= 0.6 is 0 Å². The Kier molecular flexibility index (Phi) is 7.02. The van der Waals surface area contributed by atoms with Crippen molar-refractivity contribution in [2.24, 2.45) is 0 Å². The molecule has 0 saturated heterocycles. The second-order valence-corrected chi connectivity index (χ2v) is 5.11. The monoisotopic (exact) mass is 293 g/mol. The maximum atomic E-state index is 12.1. The van der Waals surface area contributed by atoms with E-state index in [0.717, 1.165) is 11.3 Å². The minimum atomic E-state index is -0.0188. The average molecular weight is 293 g/mol. The van der Waals surface area contributed by atoms with Gasteiger partial charge in [-0.3, -0.25) is 0 Å². The zero-order valence-corrected chi connectivity index (χ0v) is 13.7. The summed E-state index contributed by atoms with van der Waals surface area (Å²) in [6, 6.07) is 8.04. The summed E-state index contributed by atoms with van der Waals surface area (Å²) in [4.78, 5) is 15.9. The minimum absolute atomic E-state index is 0.0188. The van der Waals surface area contributed by atoms with Gasteiger partial charge in [0.25, 0.3) is 0 Å². The van der Waals surface area contributed by atoms with E-state index in [-0.39, 0.29) is 12.1 Å². The van der Waals surface area contributed by atoms with Gasteiger partial charge in [-0.05, 0) is 45.6 Å². The van der Waals surface area contributed by atoms with Crippen LogP contribution in [0.15, 0.2) is 24.3 Å². The lowest BCUT2D eigenvalue weighted by atomic mass is 10.1. The van der Waals surface area contributed by atoms with Gasteiger partial charge in [0.1, 0.15) is 5.75 Å². The number of ether oxygens (including phenoxy) is 1. The van der Waals surface area contributed by atoms with Gasteiger partial charge in [0.2, 0.25) is 0 Å². The number of likely N-dealkylation sites (N-methyl/N-ethyl adjacent to an activating group) is 1. The standard InChI is InChI=1S/C16H27N3O2/c1-6-19(7-2)16(20)17-12-15(18(3)4)13-9-8-10-14(11-13)21-5/h8-11,15H,6-7,12H2,1-5H3,(H,17,20). The lowest BCUT2D eigenvalue weighted by Gasteiger charge is -2.27. The van der Waals surface area contributed by atoms with E-state index in [1.54, 1.807) is 12.0 Å². The van der Waals surface area contributed by atoms with Gasteiger partial charge < -0.3 is 19.9 Å². The van der Waals surface area contributed by atoms with E-state index < -0.39 is 0 Å². The van der Waals surface area contributed by atoms with Gasteiger partial charge in [-0.2, -0.15) is 0 Å². The van der Waals surface area contributed by atoms with Crippen molar-refractivity contribution in [2.75, 3.05) is 40.8 Å². The fourth-order valence-electron chi connectivity index (χ4n) is 2.25. The summed E-state index contributed by atoms with van der Waals surface area (Å²) in [5, 5.41) is 3.01. The predicted octanol–water partition coefficient (Wildman–Crippen LogP) is 2.35. The molecule has 118 valence electrons. The van der Waals surface area contributed by atoms with E-state index in [1.165, 1.54) is 0 Å². The molecule has 0 aliphatic heterocycles. The van der Waals surface area contributed by atoms with Crippen LogP contribution < -0.4 is 10.1 Å². The van der Waals surface area contributed by atoms with Crippen LogP contribution in [0.1, 0.15) is 25.5 Å². The van der Waals surface area contributed by atoms with Crippen LogP contribution in [0.2, 0.25) is 0 Å². The molecule has 1 aromatic rings. The molecule has 0 spiro atoms. The molecule has 0 saturated carbocycles. The summed E-state index contributed by atoms with van der Waals surface area (Å²) >= 11 is 0. The molecule has 5 heteroatoms. The highest BCUT2D eigenvalue weighted by atomic mass is 16.5. The number of carbonyl (C=O) groups is 1. The van der Waals surface area contributed by atoms with E-state index in [9.17, 15) is 4.79 Å². The molecule has 1 rings (SSSR count). The van der Waals surface area contributed by atoms with Crippen LogP contribution in [0, 0.1) is 0 Å². The highest BCUT2D eigenvalue weighted by molar-refractivity contribution is 5.74. The summed E-state index contributed by atoms with van der Waals surface area (Å²) in [5.74, 6) is 0.828. The molecule has 0 aliphatic carbocycles. The molecule has 5 nitrogen and oxygen atoms in total. The van der Waals surface area contributed by atoms with Crippen LogP contribution in [0.5, 0.6) is 5.75 Å². The first-order chi connectivity index (χ1) is 10.0. The summed E-state index contributed by atoms with van der Waals surface area (Å²) in [7, 11) is 5.67. The molecule has 1 aromatic carbocycles. The van der Waals surface area contributed by atoms with Crippen molar-refractivity contribution in [2.45, 2.75) is 19.9 Å². The van der Waals surface area contributed by atoms with Crippen molar-refractivity contribution in [3.05, 3.63) is 29.8 Å². The fourth-order valence-corrected chi connectivity index (χ4v) is 2.25. The SMILES string of the molecule is CCN(CC)C(=O)NCC(c1cccc(OC)c1)N(C)C. The molecule has 1 N–H and O–H groups in total. The van der Waals surface area contributed by atoms with Gasteiger partial charge in [-0.25, -0.2) is 4.79 Å². The first-order valence-electron chi connectivity index (χ1n) is 7.36. The molecule has 0 heterocycles. The van der Waals surface area contributed by atoms with E-state index in [0.29, 0.717) is 19.6 Å². The van der Waals surface area contributed by atoms with E-state index in [1.807, 2.05) is 46.1 Å². The largest absolute Gasteiger partial charge is 0.497 e. The number of benzene rings is 1. The summed E-state index contributed by atoms with van der Waals surface area (Å²) < 4.78 is 5.27. The number of amides is 2. The zero-order valence-electron chi connectivity index (χ0n) is 13.7. The third kappa shape index (κ3) is 4.93. The zero-order chi connectivity index (χ0) is 15.8. The Bertz CT molecular complexity index is 445. The minimum Gasteiger partial charge on any atom is -0.497 e. The maximum absolute atomic E-state index is 12.1. The first kappa shape index (κ1) is 17.3. The molecule has 21 heavy (non-hydrogen) atoms. The molecule has 2 amide bonds. The number of nitrogens with one attached hydrogen (secondary N) is 1. The van der Waals surface area contributed by atoms with Crippen molar-refractivity contribution in [3.8, 4) is 5.75 Å². The number of hydrogen-bond acceptors (Lipinski definition) is 3. The molecule has 0 aromatic heterocycles. The van der Waals surface area contributed by atoms with Crippen LogP contribution in [-0.2, 0) is 0 Å². The van der Waals surface area contributed by atoms with Gasteiger partial charge in [0, 0.05) is 19.6 Å². The van der Waals surface area contributed by atoms with Crippen molar-refractivity contribution in [3.63, 3.8) is 0 Å². The predicted molar refractivity (Wildman–Crippen MR) is 85.7 cm³/mol. The molecular formula is C16H27N3O2. The Hall–Kier alpha value is -1.75. The topological polar surface area (TPSA) is 44.8 Å². The van der Waals surface area contributed by atoms with Gasteiger partial charge >= 0.3 is 6.03 Å². The maximum Gasteiger partial charge on any atom is 0.317 e. The number of hydrogen-bond donors (Lipinski definition) is 1. The van der Waals surface area contributed by atoms with Crippen LogP contribution in [0.3, 0.4) is 0 Å². The number of rotatable bonds is 7. The number of nitrogens with zero attached hydrogens (tertiary/aromatic N) is 2. The second kappa shape index (κ2) is 8.52. The van der Waals surface area contributed by atoms with Crippen LogP contribution in [0.25, 0.3) is 0 Å². The van der Waals surface area contributed by atoms with Crippen molar-refractivity contribution in [1.29, 1.82) is 0 Å². The van der Waals surface area contributed by atoms with Gasteiger partial charge in [0.05, 0.1) is 13.2 Å². The lowest BCUT2D eigenvalue weighted by Crippen LogP contribution is -2.43. The van der Waals surface area contributed by atoms with Crippen molar-refractivity contribution < 1.29 is 9.53 Å². The van der Waals surface area contributed by atoms with Gasteiger partial charge in [-0.15, -0.1) is 0 Å². The van der Waals surface area contributed by atoms with Gasteiger partial charge in [-0.1, -0.05) is 12.1 Å². The molecule has 1 unspecified atom stereocenters. The number of carbonyl (C=O) groups excluding carboxylic acids is 1.